The van der Waals surface area contributed by atoms with Crippen molar-refractivity contribution in [2.45, 2.75) is 33.2 Å². The number of thiazole rings is 1. The fourth-order valence-corrected chi connectivity index (χ4v) is 6.04. The van der Waals surface area contributed by atoms with E-state index in [-0.39, 0.29) is 17.5 Å². The van der Waals surface area contributed by atoms with E-state index < -0.39 is 9.84 Å². The van der Waals surface area contributed by atoms with Gasteiger partial charge < -0.3 is 5.32 Å². The molecule has 1 aliphatic rings. The highest BCUT2D eigenvalue weighted by Gasteiger charge is 2.31. The van der Waals surface area contributed by atoms with Gasteiger partial charge in [0.15, 0.2) is 20.6 Å². The number of nitrogens with one attached hydrogen (secondary N) is 1. The quantitative estimate of drug-likeness (QED) is 0.749. The van der Waals surface area contributed by atoms with Gasteiger partial charge in [-0.3, -0.25) is 4.68 Å². The van der Waals surface area contributed by atoms with Crippen LogP contribution in [0.15, 0.2) is 0 Å². The third kappa shape index (κ3) is 2.73. The number of aromatic nitrogens is 5. The van der Waals surface area contributed by atoms with Gasteiger partial charge in [0.2, 0.25) is 0 Å². The largest absolute Gasteiger partial charge is 0.328 e. The number of nitrogens with zero attached hydrogens (tertiary/aromatic N) is 5. The minimum atomic E-state index is -2.94. The van der Waals surface area contributed by atoms with Gasteiger partial charge in [0.1, 0.15) is 0 Å². The van der Waals surface area contributed by atoms with Crippen LogP contribution in [-0.2, 0) is 16.9 Å². The normalized spacial score (nSPS) is 19.8. The second kappa shape index (κ2) is 5.53. The van der Waals surface area contributed by atoms with Crippen LogP contribution in [-0.4, -0.2) is 44.5 Å². The maximum absolute atomic E-state index is 11.8. The van der Waals surface area contributed by atoms with Crippen molar-refractivity contribution in [3.8, 4) is 0 Å². The summed E-state index contributed by atoms with van der Waals surface area (Å²) < 4.78 is 28.2. The minimum Gasteiger partial charge on any atom is -0.328 e. The lowest BCUT2D eigenvalue weighted by atomic mass is 10.2. The van der Waals surface area contributed by atoms with Crippen LogP contribution < -0.4 is 5.32 Å². The van der Waals surface area contributed by atoms with E-state index in [4.69, 9.17) is 0 Å². The van der Waals surface area contributed by atoms with E-state index in [0.717, 1.165) is 38.2 Å². The molecule has 1 saturated heterocycles. The first-order valence-corrected chi connectivity index (χ1v) is 10.7. The maximum atomic E-state index is 11.8. The molecule has 1 aliphatic heterocycles. The summed E-state index contributed by atoms with van der Waals surface area (Å²) in [5, 5.41) is 13.1. The average Bonchev–Trinajstić information content (AvgIpc) is 3.23. The predicted octanol–water partition coefficient (Wildman–Crippen LogP) is 2.25. The van der Waals surface area contributed by atoms with E-state index in [2.05, 4.69) is 20.5 Å². The lowest BCUT2D eigenvalue weighted by Gasteiger charge is -2.11. The van der Waals surface area contributed by atoms with E-state index in [1.165, 1.54) is 0 Å². The molecule has 1 N–H and O–H groups in total. The molecule has 3 aromatic heterocycles. The Hall–Kier alpha value is -1.94. The SMILES string of the molecule is Cc1nn(C2CCS(=O)(=O)C2)c(C)c1Nc1nc2c(s1)c(C)nn2C. The molecule has 3 aromatic rings. The van der Waals surface area contributed by atoms with E-state index in [0.29, 0.717) is 6.42 Å². The van der Waals surface area contributed by atoms with E-state index in [9.17, 15) is 8.42 Å². The Morgan fingerprint density at radius 3 is 2.60 bits per heavy atom. The second-order valence-electron chi connectivity index (χ2n) is 6.55. The first-order chi connectivity index (χ1) is 11.7. The average molecular weight is 380 g/mol. The summed E-state index contributed by atoms with van der Waals surface area (Å²) in [6.45, 7) is 5.86. The summed E-state index contributed by atoms with van der Waals surface area (Å²) in [5.41, 5.74) is 4.50. The van der Waals surface area contributed by atoms with Crippen LogP contribution in [0.4, 0.5) is 10.8 Å². The van der Waals surface area contributed by atoms with Gasteiger partial charge in [0, 0.05) is 7.05 Å². The highest BCUT2D eigenvalue weighted by Crippen LogP contribution is 2.34. The fraction of sp³-hybridized carbons (Fsp3) is 0.533. The number of anilines is 2. The topological polar surface area (TPSA) is 94.7 Å². The Balaban J connectivity index is 1.67. The van der Waals surface area contributed by atoms with Gasteiger partial charge >= 0.3 is 0 Å². The highest BCUT2D eigenvalue weighted by molar-refractivity contribution is 7.91. The third-order valence-electron chi connectivity index (χ3n) is 4.66. The molecule has 0 spiro atoms. The minimum absolute atomic E-state index is 0.0824. The number of hydrogen-bond acceptors (Lipinski definition) is 7. The van der Waals surface area contributed by atoms with Crippen molar-refractivity contribution in [3.63, 3.8) is 0 Å². The predicted molar refractivity (Wildman–Crippen MR) is 98.4 cm³/mol. The van der Waals surface area contributed by atoms with Crippen molar-refractivity contribution in [2.24, 2.45) is 7.05 Å². The van der Waals surface area contributed by atoms with E-state index in [1.807, 2.05) is 32.5 Å². The van der Waals surface area contributed by atoms with Gasteiger partial charge in [-0.2, -0.15) is 10.2 Å². The zero-order chi connectivity index (χ0) is 17.9. The second-order valence-corrected chi connectivity index (χ2v) is 9.78. The summed E-state index contributed by atoms with van der Waals surface area (Å²) in [6, 6.07) is -0.0824. The van der Waals surface area contributed by atoms with Crippen LogP contribution in [0.1, 0.15) is 29.5 Å². The molecule has 134 valence electrons. The Bertz CT molecular complexity index is 1040. The van der Waals surface area contributed by atoms with Crippen molar-refractivity contribution < 1.29 is 8.42 Å². The molecular weight excluding hydrogens is 360 g/mol. The first kappa shape index (κ1) is 16.5. The number of aryl methyl sites for hydroxylation is 3. The standard InChI is InChI=1S/C15H20N6O2S2/c1-8-12(10(3)21(19-8)11-5-6-25(22,23)7-11)16-15-17-14-13(24-15)9(2)18-20(14)4/h11H,5-7H2,1-4H3,(H,16,17). The van der Waals surface area contributed by atoms with Crippen LogP contribution in [0.25, 0.3) is 10.3 Å². The van der Waals surface area contributed by atoms with Crippen molar-refractivity contribution in [2.75, 3.05) is 16.8 Å². The molecule has 4 heterocycles. The summed E-state index contributed by atoms with van der Waals surface area (Å²) in [7, 11) is -1.06. The Morgan fingerprint density at radius 1 is 1.20 bits per heavy atom. The number of rotatable bonds is 3. The maximum Gasteiger partial charge on any atom is 0.190 e. The molecule has 10 heteroatoms. The molecule has 1 atom stereocenters. The highest BCUT2D eigenvalue weighted by atomic mass is 32.2. The smallest absolute Gasteiger partial charge is 0.190 e. The molecular formula is C15H20N6O2S2. The van der Waals surface area contributed by atoms with Crippen LogP contribution in [0.3, 0.4) is 0 Å². The molecule has 0 amide bonds. The summed E-state index contributed by atoms with van der Waals surface area (Å²) >= 11 is 1.56. The molecule has 0 aliphatic carbocycles. The number of hydrogen-bond donors (Lipinski definition) is 1. The zero-order valence-corrected chi connectivity index (χ0v) is 16.2. The van der Waals surface area contributed by atoms with Gasteiger partial charge in [-0.25, -0.2) is 18.1 Å². The van der Waals surface area contributed by atoms with Crippen LogP contribution in [0, 0.1) is 20.8 Å². The summed E-state index contributed by atoms with van der Waals surface area (Å²) in [6.07, 6.45) is 0.621. The number of fused-ring (bicyclic) bond motifs is 1. The molecule has 0 bridgehead atoms. The summed E-state index contributed by atoms with van der Waals surface area (Å²) in [5.74, 6) is 0.406. The van der Waals surface area contributed by atoms with Gasteiger partial charge in [0.05, 0.1) is 45.0 Å². The molecule has 1 fully saturated rings. The van der Waals surface area contributed by atoms with Crippen molar-refractivity contribution in [3.05, 3.63) is 17.1 Å². The molecule has 0 saturated carbocycles. The van der Waals surface area contributed by atoms with Crippen molar-refractivity contribution >= 4 is 42.3 Å². The molecule has 0 radical (unpaired) electrons. The zero-order valence-electron chi connectivity index (χ0n) is 14.6. The molecule has 0 aromatic carbocycles. The first-order valence-electron chi connectivity index (χ1n) is 8.08. The van der Waals surface area contributed by atoms with Gasteiger partial charge in [-0.1, -0.05) is 11.3 Å². The summed E-state index contributed by atoms with van der Waals surface area (Å²) in [4.78, 5) is 4.62. The van der Waals surface area contributed by atoms with Crippen LogP contribution in [0.5, 0.6) is 0 Å². The Labute approximate surface area is 149 Å². The lowest BCUT2D eigenvalue weighted by molar-refractivity contribution is 0.486. The molecule has 1 unspecified atom stereocenters. The number of sulfone groups is 1. The molecule has 25 heavy (non-hydrogen) atoms. The Morgan fingerprint density at radius 2 is 1.96 bits per heavy atom. The van der Waals surface area contributed by atoms with Crippen molar-refractivity contribution in [1.29, 1.82) is 0 Å². The van der Waals surface area contributed by atoms with Crippen LogP contribution >= 0.6 is 11.3 Å². The van der Waals surface area contributed by atoms with Crippen molar-refractivity contribution in [1.82, 2.24) is 24.5 Å². The third-order valence-corrected chi connectivity index (χ3v) is 7.47. The van der Waals surface area contributed by atoms with Crippen LogP contribution in [0.2, 0.25) is 0 Å². The molecule has 8 nitrogen and oxygen atoms in total. The van der Waals surface area contributed by atoms with Gasteiger partial charge in [0.25, 0.3) is 0 Å². The van der Waals surface area contributed by atoms with Gasteiger partial charge in [-0.15, -0.1) is 0 Å². The lowest BCUT2D eigenvalue weighted by Crippen LogP contribution is -2.14. The Kier molecular flexibility index (Phi) is 3.66. The fourth-order valence-electron chi connectivity index (χ4n) is 3.41. The molecule has 4 rings (SSSR count). The van der Waals surface area contributed by atoms with E-state index >= 15 is 0 Å². The monoisotopic (exact) mass is 380 g/mol. The van der Waals surface area contributed by atoms with Gasteiger partial charge in [-0.05, 0) is 27.2 Å². The van der Waals surface area contributed by atoms with E-state index in [1.54, 1.807) is 16.0 Å².